The van der Waals surface area contributed by atoms with E-state index >= 15 is 0 Å². The minimum absolute atomic E-state index is 0.927. The summed E-state index contributed by atoms with van der Waals surface area (Å²) in [6, 6.07) is 0. The Morgan fingerprint density at radius 3 is 1.91 bits per heavy atom. The standard InChI is InChI=1S/C11H15/c1-4-7-10-11(8-5-2)9-6-3/h4-7,10H,1-3,8-9H2/b10-7+. The molecule has 59 valence electrons. The Morgan fingerprint density at radius 2 is 1.55 bits per heavy atom. The van der Waals surface area contributed by atoms with Crippen molar-refractivity contribution < 1.29 is 0 Å². The van der Waals surface area contributed by atoms with Crippen LogP contribution in [0.1, 0.15) is 12.8 Å². The highest BCUT2D eigenvalue weighted by Crippen LogP contribution is 2.13. The van der Waals surface area contributed by atoms with Crippen LogP contribution in [0.2, 0.25) is 0 Å². The molecular formula is C11H15. The molecule has 0 aliphatic heterocycles. The van der Waals surface area contributed by atoms with E-state index in [0.717, 1.165) is 12.8 Å². The Bertz CT molecular complexity index is 141. The molecule has 0 rings (SSSR count). The molecule has 0 N–H and O–H groups in total. The molecule has 0 heteroatoms. The van der Waals surface area contributed by atoms with E-state index in [2.05, 4.69) is 25.8 Å². The Kier molecular flexibility index (Phi) is 6.40. The molecule has 11 heavy (non-hydrogen) atoms. The summed E-state index contributed by atoms with van der Waals surface area (Å²) in [4.78, 5) is 0. The summed E-state index contributed by atoms with van der Waals surface area (Å²) in [5.74, 6) is 1.31. The fourth-order valence-corrected chi connectivity index (χ4v) is 0.794. The highest BCUT2D eigenvalue weighted by molar-refractivity contribution is 5.18. The molecule has 0 unspecified atom stereocenters. The lowest BCUT2D eigenvalue weighted by molar-refractivity contribution is 0.981. The van der Waals surface area contributed by atoms with Crippen molar-refractivity contribution in [1.29, 1.82) is 0 Å². The molecule has 0 heterocycles. The second-order valence-electron chi connectivity index (χ2n) is 2.24. The van der Waals surface area contributed by atoms with Gasteiger partial charge in [0.15, 0.2) is 0 Å². The Hall–Kier alpha value is -1.04. The van der Waals surface area contributed by atoms with Crippen LogP contribution < -0.4 is 0 Å². The SMILES string of the molecule is C=C/C=C/[C](CC=C)CC=C. The van der Waals surface area contributed by atoms with Gasteiger partial charge in [-0.05, 0) is 12.8 Å². The predicted molar refractivity (Wildman–Crippen MR) is 52.2 cm³/mol. The van der Waals surface area contributed by atoms with Crippen LogP contribution in [0.4, 0.5) is 0 Å². The molecular weight excluding hydrogens is 132 g/mol. The minimum atomic E-state index is 0.927. The molecule has 0 saturated carbocycles. The maximum Gasteiger partial charge on any atom is 0.00505 e. The van der Waals surface area contributed by atoms with Crippen LogP contribution >= 0.6 is 0 Å². The molecule has 1 radical (unpaired) electrons. The quantitative estimate of drug-likeness (QED) is 0.398. The summed E-state index contributed by atoms with van der Waals surface area (Å²) in [5, 5.41) is 0. The summed E-state index contributed by atoms with van der Waals surface area (Å²) in [6.45, 7) is 11.0. The zero-order valence-electron chi connectivity index (χ0n) is 6.92. The van der Waals surface area contributed by atoms with E-state index in [1.807, 2.05) is 18.2 Å². The van der Waals surface area contributed by atoms with Crippen molar-refractivity contribution >= 4 is 0 Å². The average molecular weight is 147 g/mol. The second kappa shape index (κ2) is 7.07. The molecule has 0 fully saturated rings. The summed E-state index contributed by atoms with van der Waals surface area (Å²) in [7, 11) is 0. The van der Waals surface area contributed by atoms with Crippen LogP contribution in [0.3, 0.4) is 0 Å². The zero-order chi connectivity index (χ0) is 8.53. The first-order valence-corrected chi connectivity index (χ1v) is 3.70. The molecule has 0 aliphatic rings. The summed E-state index contributed by atoms with van der Waals surface area (Å²) < 4.78 is 0. The largest absolute Gasteiger partial charge is 0.103 e. The van der Waals surface area contributed by atoms with Crippen molar-refractivity contribution in [2.24, 2.45) is 0 Å². The van der Waals surface area contributed by atoms with Gasteiger partial charge in [-0.25, -0.2) is 0 Å². The van der Waals surface area contributed by atoms with Gasteiger partial charge < -0.3 is 0 Å². The first-order chi connectivity index (χ1) is 5.35. The van der Waals surface area contributed by atoms with Gasteiger partial charge in [0.2, 0.25) is 0 Å². The molecule has 0 bridgehead atoms. The van der Waals surface area contributed by atoms with E-state index in [4.69, 9.17) is 0 Å². The van der Waals surface area contributed by atoms with Crippen molar-refractivity contribution in [1.82, 2.24) is 0 Å². The molecule has 0 aromatic carbocycles. The molecule has 0 aromatic heterocycles. The Morgan fingerprint density at radius 1 is 1.00 bits per heavy atom. The molecule has 0 aromatic rings. The molecule has 0 amide bonds. The monoisotopic (exact) mass is 147 g/mol. The lowest BCUT2D eigenvalue weighted by Crippen LogP contribution is -1.88. The van der Waals surface area contributed by atoms with Gasteiger partial charge in [0.25, 0.3) is 0 Å². The predicted octanol–water partition coefficient (Wildman–Crippen LogP) is 3.46. The summed E-state index contributed by atoms with van der Waals surface area (Å²) in [6.07, 6.45) is 11.4. The van der Waals surface area contributed by atoms with Crippen molar-refractivity contribution in [2.45, 2.75) is 12.8 Å². The third-order valence-corrected chi connectivity index (χ3v) is 1.28. The maximum absolute atomic E-state index is 3.68. The van der Waals surface area contributed by atoms with Crippen molar-refractivity contribution in [3.63, 3.8) is 0 Å². The van der Waals surface area contributed by atoms with Gasteiger partial charge >= 0.3 is 0 Å². The van der Waals surface area contributed by atoms with E-state index in [9.17, 15) is 0 Å². The van der Waals surface area contributed by atoms with Crippen molar-refractivity contribution in [2.75, 3.05) is 0 Å². The van der Waals surface area contributed by atoms with E-state index in [-0.39, 0.29) is 0 Å². The van der Waals surface area contributed by atoms with Gasteiger partial charge in [-0.1, -0.05) is 37.0 Å². The van der Waals surface area contributed by atoms with E-state index in [1.165, 1.54) is 5.92 Å². The van der Waals surface area contributed by atoms with Crippen LogP contribution in [0, 0.1) is 5.92 Å². The van der Waals surface area contributed by atoms with Crippen LogP contribution in [0.5, 0.6) is 0 Å². The van der Waals surface area contributed by atoms with Crippen molar-refractivity contribution in [3.05, 3.63) is 56.0 Å². The highest BCUT2D eigenvalue weighted by Gasteiger charge is 1.98. The molecule has 0 atom stereocenters. The zero-order valence-corrected chi connectivity index (χ0v) is 6.92. The topological polar surface area (TPSA) is 0 Å². The van der Waals surface area contributed by atoms with Gasteiger partial charge in [-0.2, -0.15) is 0 Å². The Labute approximate surface area is 69.6 Å². The fraction of sp³-hybridized carbons (Fsp3) is 0.182. The highest BCUT2D eigenvalue weighted by atomic mass is 14.0. The smallest absolute Gasteiger partial charge is 0.00505 e. The lowest BCUT2D eigenvalue weighted by Gasteiger charge is -2.03. The van der Waals surface area contributed by atoms with Gasteiger partial charge in [-0.15, -0.1) is 13.2 Å². The van der Waals surface area contributed by atoms with Gasteiger partial charge in [0.1, 0.15) is 0 Å². The molecule has 0 spiro atoms. The molecule has 0 nitrogen and oxygen atoms in total. The molecule has 0 aliphatic carbocycles. The van der Waals surface area contributed by atoms with E-state index in [1.54, 1.807) is 6.08 Å². The third kappa shape index (κ3) is 5.41. The second-order valence-corrected chi connectivity index (χ2v) is 2.24. The van der Waals surface area contributed by atoms with Crippen LogP contribution in [0.15, 0.2) is 50.1 Å². The van der Waals surface area contributed by atoms with E-state index < -0.39 is 0 Å². The first kappa shape index (κ1) is 9.96. The fourth-order valence-electron chi connectivity index (χ4n) is 0.794. The van der Waals surface area contributed by atoms with Crippen LogP contribution in [0.25, 0.3) is 0 Å². The van der Waals surface area contributed by atoms with Gasteiger partial charge in [0.05, 0.1) is 0 Å². The van der Waals surface area contributed by atoms with Crippen molar-refractivity contribution in [3.8, 4) is 0 Å². The summed E-state index contributed by atoms with van der Waals surface area (Å²) in [5.41, 5.74) is 0. The minimum Gasteiger partial charge on any atom is -0.103 e. The maximum atomic E-state index is 3.68. The first-order valence-electron chi connectivity index (χ1n) is 3.70. The van der Waals surface area contributed by atoms with E-state index in [0.29, 0.717) is 0 Å². The van der Waals surface area contributed by atoms with Crippen LogP contribution in [-0.4, -0.2) is 0 Å². The third-order valence-electron chi connectivity index (χ3n) is 1.28. The number of rotatable bonds is 6. The number of hydrogen-bond donors (Lipinski definition) is 0. The normalized spacial score (nSPS) is 10.3. The number of allylic oxidation sites excluding steroid dienone is 5. The van der Waals surface area contributed by atoms with Crippen LogP contribution in [-0.2, 0) is 0 Å². The average Bonchev–Trinajstić information content (AvgIpc) is 2.01. The lowest BCUT2D eigenvalue weighted by atomic mass is 10.0. The molecule has 0 saturated heterocycles. The summed E-state index contributed by atoms with van der Waals surface area (Å²) >= 11 is 0. The van der Waals surface area contributed by atoms with Gasteiger partial charge in [0, 0.05) is 5.92 Å². The Balaban J connectivity index is 3.85. The van der Waals surface area contributed by atoms with Gasteiger partial charge in [-0.3, -0.25) is 0 Å². The number of hydrogen-bond acceptors (Lipinski definition) is 0.